The van der Waals surface area contributed by atoms with Crippen LogP contribution in [0.2, 0.25) is 0 Å². The van der Waals surface area contributed by atoms with Crippen LogP contribution in [0.5, 0.6) is 0 Å². The Bertz CT molecular complexity index is 534. The average Bonchev–Trinajstić information content (AvgIpc) is 2.65. The highest BCUT2D eigenvalue weighted by molar-refractivity contribution is 5.59. The topological polar surface area (TPSA) is 38.0 Å². The van der Waals surface area contributed by atoms with Gasteiger partial charge in [0.2, 0.25) is 0 Å². The van der Waals surface area contributed by atoms with Crippen LogP contribution in [-0.2, 0) is 13.5 Å². The maximum atomic E-state index is 13.2. The monoisotopic (exact) mass is 234 g/mol. The van der Waals surface area contributed by atoms with E-state index in [2.05, 4.69) is 4.98 Å². The molecule has 0 bridgehead atoms. The summed E-state index contributed by atoms with van der Waals surface area (Å²) in [6, 6.07) is 4.94. The molecule has 0 unspecified atom stereocenters. The molecule has 2 rings (SSSR count). The Kier molecular flexibility index (Phi) is 3.24. The van der Waals surface area contributed by atoms with E-state index in [-0.39, 0.29) is 12.4 Å². The molecule has 4 heteroatoms. The molecule has 3 nitrogen and oxygen atoms in total. The highest BCUT2D eigenvalue weighted by Crippen LogP contribution is 2.21. The minimum atomic E-state index is -0.208. The predicted octanol–water partition coefficient (Wildman–Crippen LogP) is 2.07. The number of aromatic nitrogens is 2. The second kappa shape index (κ2) is 4.67. The summed E-state index contributed by atoms with van der Waals surface area (Å²) in [4.78, 5) is 4.42. The molecule has 1 heterocycles. The fraction of sp³-hybridized carbons (Fsp3) is 0.308. The van der Waals surface area contributed by atoms with E-state index < -0.39 is 0 Å². The fourth-order valence-electron chi connectivity index (χ4n) is 1.78. The molecule has 0 aliphatic heterocycles. The van der Waals surface area contributed by atoms with Crippen LogP contribution in [0.25, 0.3) is 11.3 Å². The first-order chi connectivity index (χ1) is 8.11. The van der Waals surface area contributed by atoms with Crippen molar-refractivity contribution in [2.45, 2.75) is 13.3 Å². The Hall–Kier alpha value is -1.68. The van der Waals surface area contributed by atoms with Gasteiger partial charge in [0.1, 0.15) is 11.6 Å². The Labute approximate surface area is 99.5 Å². The zero-order valence-electron chi connectivity index (χ0n) is 9.94. The number of imidazole rings is 1. The number of hydrogen-bond acceptors (Lipinski definition) is 2. The molecular formula is C13H15FN2O. The summed E-state index contributed by atoms with van der Waals surface area (Å²) in [6.45, 7) is 1.81. The number of rotatable bonds is 3. The van der Waals surface area contributed by atoms with Gasteiger partial charge < -0.3 is 9.67 Å². The molecule has 1 aromatic heterocycles. The van der Waals surface area contributed by atoms with E-state index in [1.54, 1.807) is 19.1 Å². The molecule has 0 atom stereocenters. The number of aryl methyl sites for hydroxylation is 2. The zero-order chi connectivity index (χ0) is 12.4. The summed E-state index contributed by atoms with van der Waals surface area (Å²) in [5, 5.41) is 8.90. The van der Waals surface area contributed by atoms with Gasteiger partial charge in [-0.25, -0.2) is 9.37 Å². The molecule has 0 aliphatic carbocycles. The highest BCUT2D eigenvalue weighted by atomic mass is 19.1. The molecular weight excluding hydrogens is 219 g/mol. The number of aliphatic hydroxyl groups excluding tert-OH is 1. The fourth-order valence-corrected chi connectivity index (χ4v) is 1.78. The molecule has 17 heavy (non-hydrogen) atoms. The normalized spacial score (nSPS) is 10.8. The minimum absolute atomic E-state index is 0.0761. The van der Waals surface area contributed by atoms with Crippen molar-refractivity contribution in [2.24, 2.45) is 7.05 Å². The lowest BCUT2D eigenvalue weighted by atomic mass is 10.1. The summed E-state index contributed by atoms with van der Waals surface area (Å²) in [5.74, 6) is 0.616. The first kappa shape index (κ1) is 11.8. The molecule has 0 saturated carbocycles. The molecule has 0 aliphatic rings. The third kappa shape index (κ3) is 2.36. The van der Waals surface area contributed by atoms with Crippen molar-refractivity contribution in [3.8, 4) is 11.3 Å². The molecule has 1 N–H and O–H groups in total. The lowest BCUT2D eigenvalue weighted by Crippen LogP contribution is -1.99. The first-order valence-corrected chi connectivity index (χ1v) is 5.51. The van der Waals surface area contributed by atoms with Gasteiger partial charge in [-0.05, 0) is 30.7 Å². The van der Waals surface area contributed by atoms with Crippen molar-refractivity contribution < 1.29 is 9.50 Å². The SMILES string of the molecule is Cc1cc(-c2cn(C)c(CCO)n2)ccc1F. The molecule has 0 fully saturated rings. The Morgan fingerprint density at radius 2 is 2.18 bits per heavy atom. The van der Waals surface area contributed by atoms with Crippen LogP contribution >= 0.6 is 0 Å². The highest BCUT2D eigenvalue weighted by Gasteiger charge is 2.08. The summed E-state index contributed by atoms with van der Waals surface area (Å²) >= 11 is 0. The van der Waals surface area contributed by atoms with E-state index in [9.17, 15) is 4.39 Å². The van der Waals surface area contributed by atoms with Crippen LogP contribution in [0.1, 0.15) is 11.4 Å². The minimum Gasteiger partial charge on any atom is -0.396 e. The number of aliphatic hydroxyl groups is 1. The van der Waals surface area contributed by atoms with Crippen LogP contribution in [0.15, 0.2) is 24.4 Å². The maximum absolute atomic E-state index is 13.2. The van der Waals surface area contributed by atoms with Gasteiger partial charge in [0, 0.05) is 25.2 Å². The predicted molar refractivity (Wildman–Crippen MR) is 64.1 cm³/mol. The number of nitrogens with zero attached hydrogens (tertiary/aromatic N) is 2. The van der Waals surface area contributed by atoms with Crippen LogP contribution in [0.3, 0.4) is 0 Å². The van der Waals surface area contributed by atoms with E-state index in [0.29, 0.717) is 12.0 Å². The van der Waals surface area contributed by atoms with Gasteiger partial charge >= 0.3 is 0 Å². The molecule has 90 valence electrons. The van der Waals surface area contributed by atoms with Gasteiger partial charge in [-0.15, -0.1) is 0 Å². The van der Waals surface area contributed by atoms with Gasteiger partial charge in [0.25, 0.3) is 0 Å². The number of hydrogen-bond donors (Lipinski definition) is 1. The van der Waals surface area contributed by atoms with E-state index in [0.717, 1.165) is 17.1 Å². The standard InChI is InChI=1S/C13H15FN2O/c1-9-7-10(3-4-11(9)14)12-8-16(2)13(15-12)5-6-17/h3-4,7-8,17H,5-6H2,1-2H3. The lowest BCUT2D eigenvalue weighted by Gasteiger charge is -1.99. The number of halogens is 1. The van der Waals surface area contributed by atoms with Gasteiger partial charge in [-0.3, -0.25) is 0 Å². The second-order valence-corrected chi connectivity index (χ2v) is 4.09. The smallest absolute Gasteiger partial charge is 0.126 e. The molecule has 0 spiro atoms. The van der Waals surface area contributed by atoms with Gasteiger partial charge in [-0.2, -0.15) is 0 Å². The van der Waals surface area contributed by atoms with Crippen molar-refractivity contribution in [1.29, 1.82) is 0 Å². The summed E-state index contributed by atoms with van der Waals surface area (Å²) in [5.41, 5.74) is 2.31. The average molecular weight is 234 g/mol. The quantitative estimate of drug-likeness (QED) is 0.882. The maximum Gasteiger partial charge on any atom is 0.126 e. The molecule has 2 aromatic rings. The summed E-state index contributed by atoms with van der Waals surface area (Å²) in [7, 11) is 1.89. The van der Waals surface area contributed by atoms with Crippen molar-refractivity contribution in [2.75, 3.05) is 6.61 Å². The van der Waals surface area contributed by atoms with Crippen LogP contribution in [-0.4, -0.2) is 21.3 Å². The third-order valence-electron chi connectivity index (χ3n) is 2.76. The first-order valence-electron chi connectivity index (χ1n) is 5.51. The van der Waals surface area contributed by atoms with Crippen LogP contribution in [0, 0.1) is 12.7 Å². The van der Waals surface area contributed by atoms with Crippen molar-refractivity contribution in [3.05, 3.63) is 41.6 Å². The van der Waals surface area contributed by atoms with E-state index in [4.69, 9.17) is 5.11 Å². The third-order valence-corrected chi connectivity index (χ3v) is 2.76. The number of benzene rings is 1. The van der Waals surface area contributed by atoms with Crippen molar-refractivity contribution in [1.82, 2.24) is 9.55 Å². The van der Waals surface area contributed by atoms with E-state index >= 15 is 0 Å². The summed E-state index contributed by atoms with van der Waals surface area (Å²) < 4.78 is 15.0. The molecule has 0 saturated heterocycles. The lowest BCUT2D eigenvalue weighted by molar-refractivity contribution is 0.295. The molecule has 1 aromatic carbocycles. The van der Waals surface area contributed by atoms with Crippen molar-refractivity contribution in [3.63, 3.8) is 0 Å². The molecule has 0 radical (unpaired) electrons. The Morgan fingerprint density at radius 3 is 2.82 bits per heavy atom. The van der Waals surface area contributed by atoms with E-state index in [1.165, 1.54) is 6.07 Å². The van der Waals surface area contributed by atoms with Crippen LogP contribution in [0.4, 0.5) is 4.39 Å². The largest absolute Gasteiger partial charge is 0.396 e. The van der Waals surface area contributed by atoms with Gasteiger partial charge in [0.15, 0.2) is 0 Å². The Balaban J connectivity index is 2.39. The summed E-state index contributed by atoms with van der Waals surface area (Å²) in [6.07, 6.45) is 2.41. The van der Waals surface area contributed by atoms with E-state index in [1.807, 2.05) is 17.8 Å². The van der Waals surface area contributed by atoms with Gasteiger partial charge in [-0.1, -0.05) is 0 Å². The van der Waals surface area contributed by atoms with Crippen LogP contribution < -0.4 is 0 Å². The second-order valence-electron chi connectivity index (χ2n) is 4.09. The molecule has 0 amide bonds. The Morgan fingerprint density at radius 1 is 1.41 bits per heavy atom. The van der Waals surface area contributed by atoms with Gasteiger partial charge in [0.05, 0.1) is 12.3 Å². The zero-order valence-corrected chi connectivity index (χ0v) is 9.94. The van der Waals surface area contributed by atoms with Crippen molar-refractivity contribution >= 4 is 0 Å².